The van der Waals surface area contributed by atoms with Gasteiger partial charge in [-0.3, -0.25) is 10.1 Å². The van der Waals surface area contributed by atoms with E-state index < -0.39 is 10.5 Å². The number of nitrogens with one attached hydrogen (secondary N) is 1. The van der Waals surface area contributed by atoms with Gasteiger partial charge in [0.25, 0.3) is 5.69 Å². The van der Waals surface area contributed by atoms with Crippen molar-refractivity contribution in [2.75, 3.05) is 6.61 Å². The van der Waals surface area contributed by atoms with Crippen LogP contribution in [0, 0.1) is 10.1 Å². The van der Waals surface area contributed by atoms with Crippen LogP contribution in [0.25, 0.3) is 10.9 Å². The van der Waals surface area contributed by atoms with E-state index in [1.807, 2.05) is 13.1 Å². The average Bonchev–Trinajstić information content (AvgIpc) is 2.96. The number of ether oxygens (including phenoxy) is 1. The molecule has 0 spiro atoms. The van der Waals surface area contributed by atoms with E-state index in [9.17, 15) is 10.1 Å². The number of nitrogens with zero attached hydrogens (tertiary/aromatic N) is 1. The monoisotopic (exact) mass is 280 g/mol. The van der Waals surface area contributed by atoms with Gasteiger partial charge >= 0.3 is 0 Å². The Labute approximate surface area is 114 Å². The lowest BCUT2D eigenvalue weighted by atomic mass is 9.92. The fourth-order valence-corrected chi connectivity index (χ4v) is 2.98. The first kappa shape index (κ1) is 12.4. The molecule has 1 aliphatic heterocycles. The van der Waals surface area contributed by atoms with Crippen LogP contribution < -0.4 is 0 Å². The summed E-state index contributed by atoms with van der Waals surface area (Å²) in [4.78, 5) is 13.6. The van der Waals surface area contributed by atoms with E-state index in [2.05, 4.69) is 4.98 Å². The smallest absolute Gasteiger partial charge is 0.271 e. The van der Waals surface area contributed by atoms with Gasteiger partial charge in [-0.05, 0) is 19.8 Å². The van der Waals surface area contributed by atoms with E-state index >= 15 is 0 Å². The summed E-state index contributed by atoms with van der Waals surface area (Å²) in [5, 5.41) is 12.1. The van der Waals surface area contributed by atoms with Crippen LogP contribution >= 0.6 is 11.6 Å². The molecule has 2 aromatic rings. The second-order valence-corrected chi connectivity index (χ2v) is 5.40. The molecule has 1 unspecified atom stereocenters. The molecule has 1 aromatic heterocycles. The Morgan fingerprint density at radius 3 is 2.95 bits per heavy atom. The van der Waals surface area contributed by atoms with E-state index in [1.165, 1.54) is 6.07 Å². The first-order valence-corrected chi connectivity index (χ1v) is 6.48. The Morgan fingerprint density at radius 1 is 1.53 bits per heavy atom. The second kappa shape index (κ2) is 4.21. The number of benzene rings is 1. The molecule has 0 radical (unpaired) electrons. The third-order valence-electron chi connectivity index (χ3n) is 3.73. The Bertz CT molecular complexity index is 659. The highest BCUT2D eigenvalue weighted by Crippen LogP contribution is 2.41. The van der Waals surface area contributed by atoms with Gasteiger partial charge in [0.05, 0.1) is 21.1 Å². The van der Waals surface area contributed by atoms with Crippen molar-refractivity contribution in [3.63, 3.8) is 0 Å². The molecule has 1 aromatic carbocycles. The van der Waals surface area contributed by atoms with Crippen molar-refractivity contribution in [3.8, 4) is 0 Å². The van der Waals surface area contributed by atoms with Crippen LogP contribution in [0.15, 0.2) is 18.3 Å². The van der Waals surface area contributed by atoms with Gasteiger partial charge < -0.3 is 9.72 Å². The minimum atomic E-state index is -0.431. The van der Waals surface area contributed by atoms with Crippen LogP contribution in [-0.4, -0.2) is 16.5 Å². The van der Waals surface area contributed by atoms with Crippen LogP contribution in [0.4, 0.5) is 5.69 Å². The topological polar surface area (TPSA) is 68.2 Å². The molecule has 0 amide bonds. The molecule has 2 heterocycles. The molecule has 6 heteroatoms. The van der Waals surface area contributed by atoms with Gasteiger partial charge in [0.1, 0.15) is 0 Å². The predicted octanol–water partition coefficient (Wildman–Crippen LogP) is 3.76. The quantitative estimate of drug-likeness (QED) is 0.673. The fraction of sp³-hybridized carbons (Fsp3) is 0.385. The summed E-state index contributed by atoms with van der Waals surface area (Å²) < 4.78 is 5.80. The van der Waals surface area contributed by atoms with Gasteiger partial charge in [0.15, 0.2) is 0 Å². The van der Waals surface area contributed by atoms with Crippen molar-refractivity contribution in [3.05, 3.63) is 39.0 Å². The van der Waals surface area contributed by atoms with E-state index in [0.29, 0.717) is 11.6 Å². The van der Waals surface area contributed by atoms with Crippen molar-refractivity contribution in [1.29, 1.82) is 0 Å². The summed E-state index contributed by atoms with van der Waals surface area (Å²) in [6, 6.07) is 2.92. The maximum atomic E-state index is 10.9. The lowest BCUT2D eigenvalue weighted by molar-refractivity contribution is -0.384. The minimum absolute atomic E-state index is 0.0000491. The molecule has 3 rings (SSSR count). The fourth-order valence-electron chi connectivity index (χ4n) is 2.71. The number of nitro benzene ring substituents is 1. The number of H-pyrrole nitrogens is 1. The van der Waals surface area contributed by atoms with Crippen molar-refractivity contribution >= 4 is 28.2 Å². The minimum Gasteiger partial charge on any atom is -0.371 e. The molecule has 0 aliphatic carbocycles. The number of hydrogen-bond acceptors (Lipinski definition) is 3. The molecule has 1 saturated heterocycles. The highest BCUT2D eigenvalue weighted by atomic mass is 35.5. The Morgan fingerprint density at radius 2 is 2.32 bits per heavy atom. The zero-order valence-corrected chi connectivity index (χ0v) is 11.2. The maximum Gasteiger partial charge on any atom is 0.271 e. The summed E-state index contributed by atoms with van der Waals surface area (Å²) in [5.74, 6) is 0. The number of aromatic nitrogens is 1. The molecule has 1 fully saturated rings. The molecular weight excluding hydrogens is 268 g/mol. The van der Waals surface area contributed by atoms with Crippen molar-refractivity contribution in [1.82, 2.24) is 4.98 Å². The highest BCUT2D eigenvalue weighted by molar-refractivity contribution is 6.35. The summed E-state index contributed by atoms with van der Waals surface area (Å²) >= 11 is 6.10. The van der Waals surface area contributed by atoms with E-state index in [4.69, 9.17) is 16.3 Å². The highest BCUT2D eigenvalue weighted by Gasteiger charge is 2.34. The average molecular weight is 281 g/mol. The normalized spacial score (nSPS) is 23.1. The van der Waals surface area contributed by atoms with Crippen LogP contribution in [-0.2, 0) is 10.3 Å². The SMILES string of the molecule is CC1(c2c[nH]c3c(Cl)cc([N+](=O)[O-])cc23)CCCO1. The standard InChI is InChI=1S/C13H13ClN2O3/c1-13(3-2-4-19-13)10-7-15-12-9(10)5-8(16(17)18)6-11(12)14/h5-7,15H,2-4H2,1H3. The van der Waals surface area contributed by atoms with Gasteiger partial charge in [-0.15, -0.1) is 0 Å². The molecular formula is C13H13ClN2O3. The Kier molecular flexibility index (Phi) is 2.76. The van der Waals surface area contributed by atoms with E-state index in [-0.39, 0.29) is 5.69 Å². The Balaban J connectivity index is 2.24. The molecule has 19 heavy (non-hydrogen) atoms. The van der Waals surface area contributed by atoms with E-state index in [1.54, 1.807) is 6.07 Å². The van der Waals surface area contributed by atoms with Crippen molar-refractivity contribution in [2.24, 2.45) is 0 Å². The maximum absolute atomic E-state index is 10.9. The lowest BCUT2D eigenvalue weighted by Crippen LogP contribution is -2.19. The Hall–Kier alpha value is -1.59. The summed E-state index contributed by atoms with van der Waals surface area (Å²) in [6.07, 6.45) is 3.73. The number of fused-ring (bicyclic) bond motifs is 1. The molecule has 5 nitrogen and oxygen atoms in total. The third kappa shape index (κ3) is 1.89. The third-order valence-corrected chi connectivity index (χ3v) is 4.02. The second-order valence-electron chi connectivity index (χ2n) is 4.99. The van der Waals surface area contributed by atoms with Gasteiger partial charge in [-0.1, -0.05) is 11.6 Å². The molecule has 100 valence electrons. The first-order chi connectivity index (χ1) is 9.01. The van der Waals surface area contributed by atoms with Crippen LogP contribution in [0.2, 0.25) is 5.02 Å². The van der Waals surface area contributed by atoms with Crippen molar-refractivity contribution in [2.45, 2.75) is 25.4 Å². The number of non-ortho nitro benzene ring substituents is 1. The van der Waals surface area contributed by atoms with Gasteiger partial charge in [-0.2, -0.15) is 0 Å². The summed E-state index contributed by atoms with van der Waals surface area (Å²) in [6.45, 7) is 2.72. The summed E-state index contributed by atoms with van der Waals surface area (Å²) in [5.41, 5.74) is 1.26. The predicted molar refractivity (Wildman–Crippen MR) is 72.5 cm³/mol. The molecule has 0 saturated carbocycles. The number of nitro groups is 1. The molecule has 1 N–H and O–H groups in total. The lowest BCUT2D eigenvalue weighted by Gasteiger charge is -2.22. The van der Waals surface area contributed by atoms with Crippen LogP contribution in [0.3, 0.4) is 0 Å². The number of rotatable bonds is 2. The van der Waals surface area contributed by atoms with Gasteiger partial charge in [0.2, 0.25) is 0 Å². The number of aromatic amines is 1. The van der Waals surface area contributed by atoms with Crippen molar-refractivity contribution < 1.29 is 9.66 Å². The first-order valence-electron chi connectivity index (χ1n) is 6.11. The van der Waals surface area contributed by atoms with Gasteiger partial charge in [-0.25, -0.2) is 0 Å². The largest absolute Gasteiger partial charge is 0.371 e. The van der Waals surface area contributed by atoms with Crippen LogP contribution in [0.5, 0.6) is 0 Å². The number of hydrogen-bond donors (Lipinski definition) is 1. The number of halogens is 1. The van der Waals surface area contributed by atoms with Crippen LogP contribution in [0.1, 0.15) is 25.3 Å². The summed E-state index contributed by atoms with van der Waals surface area (Å²) in [7, 11) is 0. The molecule has 1 atom stereocenters. The van der Waals surface area contributed by atoms with Gasteiger partial charge in [0, 0.05) is 35.9 Å². The van der Waals surface area contributed by atoms with E-state index in [0.717, 1.165) is 29.3 Å². The zero-order chi connectivity index (χ0) is 13.6. The zero-order valence-electron chi connectivity index (χ0n) is 10.4. The molecule has 0 bridgehead atoms. The molecule has 1 aliphatic rings.